The Hall–Kier alpha value is -1.22. The van der Waals surface area contributed by atoms with Crippen LogP contribution in [-0.2, 0) is 0 Å². The van der Waals surface area contributed by atoms with Crippen molar-refractivity contribution in [2.75, 3.05) is 36.8 Å². The van der Waals surface area contributed by atoms with Crippen molar-refractivity contribution >= 4 is 11.4 Å². The van der Waals surface area contributed by atoms with Gasteiger partial charge in [0.2, 0.25) is 0 Å². The minimum atomic E-state index is 0.781. The molecule has 0 aromatic heterocycles. The summed E-state index contributed by atoms with van der Waals surface area (Å²) in [5.41, 5.74) is 7.66. The summed E-state index contributed by atoms with van der Waals surface area (Å²) in [5.74, 6) is 1.56. The summed E-state index contributed by atoms with van der Waals surface area (Å²) in [5, 5.41) is 3.38. The number of nitrogen functional groups attached to an aromatic ring is 1. The lowest BCUT2D eigenvalue weighted by Crippen LogP contribution is -2.23. The van der Waals surface area contributed by atoms with E-state index in [0.29, 0.717) is 0 Å². The Kier molecular flexibility index (Phi) is 10.8. The Morgan fingerprint density at radius 3 is 1.67 bits per heavy atom. The van der Waals surface area contributed by atoms with Gasteiger partial charge in [-0.25, -0.2) is 0 Å². The van der Waals surface area contributed by atoms with Crippen molar-refractivity contribution in [2.45, 2.75) is 41.5 Å². The van der Waals surface area contributed by atoms with Gasteiger partial charge < -0.3 is 16.0 Å². The van der Waals surface area contributed by atoms with Crippen molar-refractivity contribution in [1.82, 2.24) is 5.32 Å². The fourth-order valence-electron chi connectivity index (χ4n) is 1.93. The van der Waals surface area contributed by atoms with E-state index in [-0.39, 0.29) is 0 Å². The summed E-state index contributed by atoms with van der Waals surface area (Å²) < 4.78 is 0. The molecule has 0 atom stereocenters. The van der Waals surface area contributed by atoms with Crippen molar-refractivity contribution < 1.29 is 0 Å². The third-order valence-corrected chi connectivity index (χ3v) is 3.13. The van der Waals surface area contributed by atoms with E-state index >= 15 is 0 Å². The zero-order valence-electron chi connectivity index (χ0n) is 14.8. The largest absolute Gasteiger partial charge is 0.399 e. The monoisotopic (exact) mass is 293 g/mol. The molecule has 1 rings (SSSR count). The fraction of sp³-hybridized carbons (Fsp3) is 0.667. The first-order valence-corrected chi connectivity index (χ1v) is 8.21. The normalized spacial score (nSPS) is 10.5. The third kappa shape index (κ3) is 10.2. The van der Waals surface area contributed by atoms with Crippen LogP contribution in [0.2, 0.25) is 0 Å². The van der Waals surface area contributed by atoms with Crippen LogP contribution in [-0.4, -0.2) is 26.2 Å². The predicted octanol–water partition coefficient (Wildman–Crippen LogP) is 4.00. The van der Waals surface area contributed by atoms with E-state index in [4.69, 9.17) is 5.73 Å². The van der Waals surface area contributed by atoms with Gasteiger partial charge in [-0.1, -0.05) is 27.7 Å². The Balaban J connectivity index is 0.000000400. The molecule has 3 nitrogen and oxygen atoms in total. The van der Waals surface area contributed by atoms with Gasteiger partial charge in [-0.15, -0.1) is 0 Å². The highest BCUT2D eigenvalue weighted by atomic mass is 15.1. The molecule has 3 N–H and O–H groups in total. The molecule has 0 bridgehead atoms. The Labute approximate surface area is 131 Å². The maximum Gasteiger partial charge on any atom is 0.0367 e. The van der Waals surface area contributed by atoms with Gasteiger partial charge in [0.15, 0.2) is 0 Å². The Morgan fingerprint density at radius 1 is 0.905 bits per heavy atom. The molecule has 1 aromatic carbocycles. The molecule has 0 spiro atoms. The predicted molar refractivity (Wildman–Crippen MR) is 97.0 cm³/mol. The summed E-state index contributed by atoms with van der Waals surface area (Å²) in [6, 6.07) is 7.99. The lowest BCUT2D eigenvalue weighted by atomic mass is 10.2. The van der Waals surface area contributed by atoms with Crippen LogP contribution in [0.1, 0.15) is 41.5 Å². The van der Waals surface area contributed by atoms with Crippen LogP contribution in [0.3, 0.4) is 0 Å². The molecule has 1 aromatic rings. The molecule has 0 aliphatic rings. The van der Waals surface area contributed by atoms with Crippen LogP contribution in [0.25, 0.3) is 0 Å². The van der Waals surface area contributed by atoms with Crippen molar-refractivity contribution in [3.05, 3.63) is 24.3 Å². The second-order valence-corrected chi connectivity index (χ2v) is 6.21. The number of rotatable bonds is 7. The highest BCUT2D eigenvalue weighted by Crippen LogP contribution is 2.15. The van der Waals surface area contributed by atoms with Gasteiger partial charge in [-0.05, 0) is 63.0 Å². The molecule has 0 saturated carbocycles. The van der Waals surface area contributed by atoms with Gasteiger partial charge in [0.25, 0.3) is 0 Å². The van der Waals surface area contributed by atoms with Crippen molar-refractivity contribution in [1.29, 1.82) is 0 Å². The smallest absolute Gasteiger partial charge is 0.0367 e. The number of hydrogen-bond donors (Lipinski definition) is 2. The lowest BCUT2D eigenvalue weighted by Gasteiger charge is -2.20. The lowest BCUT2D eigenvalue weighted by molar-refractivity contribution is 0.497. The molecule has 0 aliphatic heterocycles. The first-order chi connectivity index (χ1) is 9.90. The second-order valence-electron chi connectivity index (χ2n) is 6.21. The van der Waals surface area contributed by atoms with Crippen molar-refractivity contribution in [3.63, 3.8) is 0 Å². The minimum Gasteiger partial charge on any atom is -0.399 e. The quantitative estimate of drug-likeness (QED) is 0.747. The average Bonchev–Trinajstić information content (AvgIpc) is 2.42. The van der Waals surface area contributed by atoms with Crippen LogP contribution in [0, 0.1) is 11.8 Å². The molecule has 0 saturated heterocycles. The van der Waals surface area contributed by atoms with Crippen LogP contribution >= 0.6 is 0 Å². The number of anilines is 2. The van der Waals surface area contributed by atoms with Gasteiger partial charge in [0, 0.05) is 24.5 Å². The average molecular weight is 293 g/mol. The highest BCUT2D eigenvalue weighted by molar-refractivity contribution is 5.52. The standard InChI is InChI=1S/C10H16N2.C8H19N/c1-3-12(4-2)10-7-5-9(11)6-8-10;1-7(2)5-9-6-8(3)4/h5-8H,3-4,11H2,1-2H3;7-9H,5-6H2,1-4H3. The Morgan fingerprint density at radius 2 is 1.33 bits per heavy atom. The van der Waals surface area contributed by atoms with E-state index in [1.807, 2.05) is 12.1 Å². The molecule has 122 valence electrons. The molecule has 0 heterocycles. The molecule has 0 amide bonds. The van der Waals surface area contributed by atoms with E-state index in [0.717, 1.165) is 43.7 Å². The van der Waals surface area contributed by atoms with Crippen LogP contribution in [0.4, 0.5) is 11.4 Å². The topological polar surface area (TPSA) is 41.3 Å². The van der Waals surface area contributed by atoms with Crippen LogP contribution in [0.5, 0.6) is 0 Å². The molecular weight excluding hydrogens is 258 g/mol. The van der Waals surface area contributed by atoms with E-state index < -0.39 is 0 Å². The summed E-state index contributed by atoms with van der Waals surface area (Å²) in [6.07, 6.45) is 0. The first kappa shape index (κ1) is 19.8. The molecule has 0 aliphatic carbocycles. The summed E-state index contributed by atoms with van der Waals surface area (Å²) >= 11 is 0. The molecule has 0 unspecified atom stereocenters. The number of nitrogens with one attached hydrogen (secondary N) is 1. The first-order valence-electron chi connectivity index (χ1n) is 8.21. The summed E-state index contributed by atoms with van der Waals surface area (Å²) in [6.45, 7) is 17.6. The molecular formula is C18H35N3. The molecule has 21 heavy (non-hydrogen) atoms. The maximum atomic E-state index is 5.59. The summed E-state index contributed by atoms with van der Waals surface area (Å²) in [7, 11) is 0. The molecule has 0 radical (unpaired) electrons. The summed E-state index contributed by atoms with van der Waals surface area (Å²) in [4.78, 5) is 2.29. The van der Waals surface area contributed by atoms with Crippen molar-refractivity contribution in [2.24, 2.45) is 11.8 Å². The molecule has 0 fully saturated rings. The minimum absolute atomic E-state index is 0.781. The SMILES string of the molecule is CC(C)CNCC(C)C.CCN(CC)c1ccc(N)cc1. The maximum absolute atomic E-state index is 5.59. The van der Waals surface area contributed by atoms with E-state index in [1.165, 1.54) is 5.69 Å². The number of nitrogens with two attached hydrogens (primary N) is 1. The molecule has 3 heteroatoms. The fourth-order valence-corrected chi connectivity index (χ4v) is 1.93. The van der Waals surface area contributed by atoms with Gasteiger partial charge in [0.05, 0.1) is 0 Å². The Bertz CT molecular complexity index is 332. The number of benzene rings is 1. The van der Waals surface area contributed by atoms with Crippen LogP contribution in [0.15, 0.2) is 24.3 Å². The van der Waals surface area contributed by atoms with Gasteiger partial charge in [-0.3, -0.25) is 0 Å². The van der Waals surface area contributed by atoms with E-state index in [2.05, 4.69) is 63.9 Å². The second kappa shape index (κ2) is 11.4. The zero-order valence-corrected chi connectivity index (χ0v) is 14.8. The van der Waals surface area contributed by atoms with E-state index in [9.17, 15) is 0 Å². The van der Waals surface area contributed by atoms with Gasteiger partial charge in [0.1, 0.15) is 0 Å². The van der Waals surface area contributed by atoms with Crippen molar-refractivity contribution in [3.8, 4) is 0 Å². The van der Waals surface area contributed by atoms with Crippen LogP contribution < -0.4 is 16.0 Å². The zero-order chi connectivity index (χ0) is 16.3. The number of hydrogen-bond acceptors (Lipinski definition) is 3. The van der Waals surface area contributed by atoms with Gasteiger partial charge in [-0.2, -0.15) is 0 Å². The number of nitrogens with zero attached hydrogens (tertiary/aromatic N) is 1. The van der Waals surface area contributed by atoms with E-state index in [1.54, 1.807) is 0 Å². The van der Waals surface area contributed by atoms with Gasteiger partial charge >= 0.3 is 0 Å². The highest BCUT2D eigenvalue weighted by Gasteiger charge is 1.99. The third-order valence-electron chi connectivity index (χ3n) is 3.13.